The highest BCUT2D eigenvalue weighted by molar-refractivity contribution is 5.79. The Morgan fingerprint density at radius 2 is 2.44 bits per heavy atom. The number of nitrogens with two attached hydrogens (primary N) is 1. The lowest BCUT2D eigenvalue weighted by molar-refractivity contribution is 0.0890. The lowest BCUT2D eigenvalue weighted by atomic mass is 10.1. The summed E-state index contributed by atoms with van der Waals surface area (Å²) in [5.74, 6) is 6.07. The van der Waals surface area contributed by atoms with E-state index in [0.29, 0.717) is 12.5 Å². The van der Waals surface area contributed by atoms with Gasteiger partial charge in [0.2, 0.25) is 5.96 Å². The van der Waals surface area contributed by atoms with E-state index >= 15 is 0 Å². The monoisotopic (exact) mass is 258 g/mol. The minimum Gasteiger partial charge on any atom is -0.382 e. The first-order chi connectivity index (χ1) is 8.77. The van der Waals surface area contributed by atoms with Crippen molar-refractivity contribution in [3.8, 4) is 0 Å². The van der Waals surface area contributed by atoms with Crippen LogP contribution in [0.5, 0.6) is 0 Å². The Morgan fingerprint density at radius 1 is 1.61 bits per heavy atom. The van der Waals surface area contributed by atoms with Gasteiger partial charge in [-0.25, -0.2) is 5.84 Å². The number of nitrogens with one attached hydrogen (secondary N) is 2. The van der Waals surface area contributed by atoms with Crippen molar-refractivity contribution < 1.29 is 9.47 Å². The molecule has 1 rings (SSSR count). The summed E-state index contributed by atoms with van der Waals surface area (Å²) in [6.45, 7) is 7.11. The summed E-state index contributed by atoms with van der Waals surface area (Å²) in [7, 11) is 0. The van der Waals surface area contributed by atoms with Crippen LogP contribution in [0.15, 0.2) is 4.99 Å². The number of hydrazine groups is 1. The van der Waals surface area contributed by atoms with Crippen LogP contribution < -0.4 is 16.6 Å². The van der Waals surface area contributed by atoms with Crippen LogP contribution in [0, 0.1) is 0 Å². The van der Waals surface area contributed by atoms with Crippen LogP contribution in [0.1, 0.15) is 33.1 Å². The SMILES string of the molecule is CCOCCCN=C(NN)NC(C)C1CCCO1. The van der Waals surface area contributed by atoms with E-state index < -0.39 is 0 Å². The molecule has 1 aliphatic rings. The molecule has 0 aromatic heterocycles. The van der Waals surface area contributed by atoms with E-state index in [0.717, 1.165) is 39.1 Å². The Hall–Kier alpha value is -0.850. The fraction of sp³-hybridized carbons (Fsp3) is 0.917. The van der Waals surface area contributed by atoms with Gasteiger partial charge in [-0.1, -0.05) is 0 Å². The van der Waals surface area contributed by atoms with Gasteiger partial charge in [-0.05, 0) is 33.1 Å². The molecule has 0 radical (unpaired) electrons. The molecule has 18 heavy (non-hydrogen) atoms. The molecule has 106 valence electrons. The number of hydrogen-bond donors (Lipinski definition) is 3. The number of guanidine groups is 1. The minimum atomic E-state index is 0.217. The molecule has 1 saturated heterocycles. The van der Waals surface area contributed by atoms with Gasteiger partial charge in [0, 0.05) is 26.4 Å². The van der Waals surface area contributed by atoms with E-state index in [1.54, 1.807) is 0 Å². The first kappa shape index (κ1) is 15.2. The van der Waals surface area contributed by atoms with Crippen LogP contribution in [-0.4, -0.2) is 44.5 Å². The number of ether oxygens (including phenoxy) is 2. The summed E-state index contributed by atoms with van der Waals surface area (Å²) in [4.78, 5) is 4.36. The summed E-state index contributed by atoms with van der Waals surface area (Å²) < 4.78 is 10.9. The molecule has 1 aliphatic heterocycles. The molecule has 2 unspecified atom stereocenters. The Bertz CT molecular complexity index is 242. The number of hydrogen-bond acceptors (Lipinski definition) is 4. The molecule has 0 amide bonds. The second-order valence-corrected chi connectivity index (χ2v) is 4.41. The van der Waals surface area contributed by atoms with Crippen LogP contribution in [0.4, 0.5) is 0 Å². The predicted octanol–water partition coefficient (Wildman–Crippen LogP) is 0.389. The average Bonchev–Trinajstić information content (AvgIpc) is 2.91. The van der Waals surface area contributed by atoms with E-state index in [2.05, 4.69) is 22.7 Å². The molecule has 0 saturated carbocycles. The molecule has 6 nitrogen and oxygen atoms in total. The molecule has 1 heterocycles. The third-order valence-corrected chi connectivity index (χ3v) is 2.94. The maximum Gasteiger partial charge on any atom is 0.206 e. The van der Waals surface area contributed by atoms with Gasteiger partial charge in [-0.3, -0.25) is 10.4 Å². The first-order valence-corrected chi connectivity index (χ1v) is 6.74. The molecule has 4 N–H and O–H groups in total. The van der Waals surface area contributed by atoms with Crippen molar-refractivity contribution in [1.82, 2.24) is 10.7 Å². The van der Waals surface area contributed by atoms with Gasteiger partial charge in [-0.2, -0.15) is 0 Å². The van der Waals surface area contributed by atoms with Crippen LogP contribution in [0.25, 0.3) is 0 Å². The Morgan fingerprint density at radius 3 is 3.06 bits per heavy atom. The first-order valence-electron chi connectivity index (χ1n) is 6.74. The van der Waals surface area contributed by atoms with Crippen molar-refractivity contribution in [2.24, 2.45) is 10.8 Å². The standard InChI is InChI=1S/C12H26N4O2/c1-3-17-8-5-7-14-12(16-13)15-10(2)11-6-4-9-18-11/h10-11H,3-9,13H2,1-2H3,(H2,14,15,16). The third-order valence-electron chi connectivity index (χ3n) is 2.94. The Kier molecular flexibility index (Phi) is 7.71. The number of nitrogens with zero attached hydrogens (tertiary/aromatic N) is 1. The molecule has 2 atom stereocenters. The van der Waals surface area contributed by atoms with E-state index in [4.69, 9.17) is 15.3 Å². The van der Waals surface area contributed by atoms with Crippen molar-refractivity contribution in [2.45, 2.75) is 45.3 Å². The zero-order valence-corrected chi connectivity index (χ0v) is 11.4. The zero-order valence-electron chi connectivity index (χ0n) is 11.4. The summed E-state index contributed by atoms with van der Waals surface area (Å²) >= 11 is 0. The van der Waals surface area contributed by atoms with Crippen molar-refractivity contribution in [1.29, 1.82) is 0 Å². The topological polar surface area (TPSA) is 80.9 Å². The minimum absolute atomic E-state index is 0.217. The number of aliphatic imine (C=N–C) groups is 1. The van der Waals surface area contributed by atoms with Crippen molar-refractivity contribution >= 4 is 5.96 Å². The largest absolute Gasteiger partial charge is 0.382 e. The maximum atomic E-state index is 5.61. The molecular weight excluding hydrogens is 232 g/mol. The maximum absolute atomic E-state index is 5.61. The van der Waals surface area contributed by atoms with Gasteiger partial charge in [-0.15, -0.1) is 0 Å². The average molecular weight is 258 g/mol. The van der Waals surface area contributed by atoms with Gasteiger partial charge >= 0.3 is 0 Å². The van der Waals surface area contributed by atoms with Crippen LogP contribution >= 0.6 is 0 Å². The van der Waals surface area contributed by atoms with Crippen LogP contribution in [0.2, 0.25) is 0 Å². The highest BCUT2D eigenvalue weighted by Crippen LogP contribution is 2.15. The van der Waals surface area contributed by atoms with Crippen molar-refractivity contribution in [2.75, 3.05) is 26.4 Å². The fourth-order valence-corrected chi connectivity index (χ4v) is 1.94. The molecule has 0 aromatic carbocycles. The normalized spacial score (nSPS) is 21.9. The quantitative estimate of drug-likeness (QED) is 0.202. The zero-order chi connectivity index (χ0) is 13.2. The van der Waals surface area contributed by atoms with Gasteiger partial charge in [0.05, 0.1) is 12.1 Å². The molecule has 0 spiro atoms. The summed E-state index contributed by atoms with van der Waals surface area (Å²) in [6, 6.07) is 0.217. The lowest BCUT2D eigenvalue weighted by Gasteiger charge is -2.21. The Labute approximate surface area is 109 Å². The van der Waals surface area contributed by atoms with Crippen molar-refractivity contribution in [3.63, 3.8) is 0 Å². The molecule has 1 fully saturated rings. The van der Waals surface area contributed by atoms with Gasteiger partial charge < -0.3 is 14.8 Å². The smallest absolute Gasteiger partial charge is 0.206 e. The highest BCUT2D eigenvalue weighted by Gasteiger charge is 2.22. The van der Waals surface area contributed by atoms with E-state index in [9.17, 15) is 0 Å². The molecule has 0 bridgehead atoms. The Balaban J connectivity index is 2.24. The molecule has 0 aliphatic carbocycles. The molecule has 0 aromatic rings. The summed E-state index contributed by atoms with van der Waals surface area (Å²) in [5.41, 5.74) is 2.59. The van der Waals surface area contributed by atoms with Crippen LogP contribution in [-0.2, 0) is 9.47 Å². The summed E-state index contributed by atoms with van der Waals surface area (Å²) in [6.07, 6.45) is 3.38. The molecular formula is C12H26N4O2. The van der Waals surface area contributed by atoms with Crippen molar-refractivity contribution in [3.05, 3.63) is 0 Å². The predicted molar refractivity (Wildman–Crippen MR) is 72.3 cm³/mol. The summed E-state index contributed by atoms with van der Waals surface area (Å²) in [5, 5.41) is 3.25. The second kappa shape index (κ2) is 9.13. The number of rotatable bonds is 7. The lowest BCUT2D eigenvalue weighted by Crippen LogP contribution is -2.49. The third kappa shape index (κ3) is 5.66. The molecule has 6 heteroatoms. The van der Waals surface area contributed by atoms with Gasteiger partial charge in [0.15, 0.2) is 0 Å². The fourth-order valence-electron chi connectivity index (χ4n) is 1.94. The van der Waals surface area contributed by atoms with E-state index in [1.165, 1.54) is 0 Å². The van der Waals surface area contributed by atoms with E-state index in [-0.39, 0.29) is 12.1 Å². The van der Waals surface area contributed by atoms with Gasteiger partial charge in [0.1, 0.15) is 0 Å². The van der Waals surface area contributed by atoms with Gasteiger partial charge in [0.25, 0.3) is 0 Å². The van der Waals surface area contributed by atoms with Crippen LogP contribution in [0.3, 0.4) is 0 Å². The second-order valence-electron chi connectivity index (χ2n) is 4.41. The highest BCUT2D eigenvalue weighted by atomic mass is 16.5. The van der Waals surface area contributed by atoms with E-state index in [1.807, 2.05) is 6.92 Å².